The van der Waals surface area contributed by atoms with Crippen molar-refractivity contribution in [2.24, 2.45) is 0 Å². The first kappa shape index (κ1) is 22.3. The molecule has 0 aliphatic carbocycles. The Bertz CT molecular complexity index is 678. The van der Waals surface area contributed by atoms with Gasteiger partial charge >= 0.3 is 5.97 Å². The summed E-state index contributed by atoms with van der Waals surface area (Å²) in [7, 11) is 1.38. The van der Waals surface area contributed by atoms with Crippen LogP contribution in [0.25, 0.3) is 6.08 Å². The molecule has 7 heteroatoms. The number of carbonyl (C=O) groups is 2. The molecule has 2 heterocycles. The molecule has 1 aliphatic rings. The fraction of sp³-hybridized carbons (Fsp3) is 0.667. The number of unbranched alkanes of at least 4 members (excludes halogenated alkanes) is 2. The van der Waals surface area contributed by atoms with E-state index in [1.165, 1.54) is 13.4 Å². The highest BCUT2D eigenvalue weighted by Gasteiger charge is 2.39. The van der Waals surface area contributed by atoms with Crippen molar-refractivity contribution in [2.45, 2.75) is 83.7 Å². The number of methoxy groups -OCH3 is 1. The van der Waals surface area contributed by atoms with Gasteiger partial charge in [0, 0.05) is 12.8 Å². The Hall–Kier alpha value is -1.99. The molecule has 1 fully saturated rings. The van der Waals surface area contributed by atoms with Gasteiger partial charge in [-0.3, -0.25) is 9.59 Å². The molecule has 1 aromatic heterocycles. The van der Waals surface area contributed by atoms with Crippen LogP contribution in [0.2, 0.25) is 0 Å². The summed E-state index contributed by atoms with van der Waals surface area (Å²) in [5, 5.41) is 0. The van der Waals surface area contributed by atoms with Gasteiger partial charge in [0.25, 0.3) is 0 Å². The molecule has 7 nitrogen and oxygen atoms in total. The largest absolute Gasteiger partial charge is 0.469 e. The van der Waals surface area contributed by atoms with Gasteiger partial charge < -0.3 is 18.6 Å². The Morgan fingerprint density at radius 1 is 1.21 bits per heavy atom. The summed E-state index contributed by atoms with van der Waals surface area (Å²) in [6, 6.07) is 0. The zero-order chi connectivity index (χ0) is 20.6. The molecular formula is C21H31NO6. The minimum atomic E-state index is -0.706. The average molecular weight is 393 g/mol. The molecule has 156 valence electrons. The first-order chi connectivity index (χ1) is 13.3. The Morgan fingerprint density at radius 3 is 2.71 bits per heavy atom. The molecule has 0 amide bonds. The van der Waals surface area contributed by atoms with Crippen molar-refractivity contribution in [1.82, 2.24) is 4.98 Å². The highest BCUT2D eigenvalue weighted by atomic mass is 16.7. The lowest BCUT2D eigenvalue weighted by atomic mass is 10.1. The van der Waals surface area contributed by atoms with Gasteiger partial charge in [0.2, 0.25) is 5.89 Å². The lowest BCUT2D eigenvalue weighted by molar-refractivity contribution is -0.144. The van der Waals surface area contributed by atoms with Gasteiger partial charge in [-0.05, 0) is 45.3 Å². The summed E-state index contributed by atoms with van der Waals surface area (Å²) in [4.78, 5) is 27.6. The van der Waals surface area contributed by atoms with Crippen molar-refractivity contribution >= 4 is 17.8 Å². The zero-order valence-electron chi connectivity index (χ0n) is 17.2. The van der Waals surface area contributed by atoms with Gasteiger partial charge in [-0.15, -0.1) is 0 Å². The maximum absolute atomic E-state index is 12.1. The number of carbonyl (C=O) groups excluding carboxylic acids is 2. The first-order valence-electron chi connectivity index (χ1n) is 9.94. The number of ketones is 1. The smallest absolute Gasteiger partial charge is 0.305 e. The summed E-state index contributed by atoms with van der Waals surface area (Å²) >= 11 is 0. The van der Waals surface area contributed by atoms with Crippen LogP contribution < -0.4 is 0 Å². The fourth-order valence-electron chi connectivity index (χ4n) is 3.13. The molecule has 0 saturated carbocycles. The number of ether oxygens (including phenoxy) is 3. The first-order valence-corrected chi connectivity index (χ1v) is 9.94. The minimum Gasteiger partial charge on any atom is -0.469 e. The molecule has 0 spiro atoms. The van der Waals surface area contributed by atoms with Crippen molar-refractivity contribution in [3.63, 3.8) is 0 Å². The van der Waals surface area contributed by atoms with Crippen LogP contribution in [0, 0.1) is 0 Å². The van der Waals surface area contributed by atoms with Crippen LogP contribution in [-0.4, -0.2) is 41.8 Å². The van der Waals surface area contributed by atoms with Gasteiger partial charge in [-0.25, -0.2) is 4.98 Å². The van der Waals surface area contributed by atoms with Crippen molar-refractivity contribution < 1.29 is 28.2 Å². The van der Waals surface area contributed by atoms with Gasteiger partial charge in [-0.1, -0.05) is 19.8 Å². The van der Waals surface area contributed by atoms with E-state index in [9.17, 15) is 9.59 Å². The molecule has 2 atom stereocenters. The molecule has 0 N–H and O–H groups in total. The number of nitrogens with zero attached hydrogens (tertiary/aromatic N) is 1. The lowest BCUT2D eigenvalue weighted by Crippen LogP contribution is -2.21. The maximum Gasteiger partial charge on any atom is 0.305 e. The van der Waals surface area contributed by atoms with Gasteiger partial charge in [0.1, 0.15) is 18.1 Å². The molecular weight excluding hydrogens is 362 g/mol. The number of hydrogen-bond acceptors (Lipinski definition) is 7. The number of hydrogen-bond donors (Lipinski definition) is 0. The second-order valence-electron chi connectivity index (χ2n) is 7.42. The van der Waals surface area contributed by atoms with Gasteiger partial charge in [0.15, 0.2) is 11.6 Å². The molecule has 0 aromatic carbocycles. The standard InChI is InChI=1S/C21H31NO6/c1-5-6-7-9-16(23)15-14-26-19(22-15)13-12-18-17(27-21(2,3)28-18)10-8-11-20(24)25-4/h12-14,17-18H,5-11H2,1-4H3/b13-12+. The third kappa shape index (κ3) is 6.87. The van der Waals surface area contributed by atoms with E-state index in [1.54, 1.807) is 6.08 Å². The quantitative estimate of drug-likeness (QED) is 0.314. The summed E-state index contributed by atoms with van der Waals surface area (Å²) in [6.45, 7) is 5.81. The molecule has 0 radical (unpaired) electrons. The molecule has 2 rings (SSSR count). The van der Waals surface area contributed by atoms with Crippen LogP contribution in [-0.2, 0) is 19.0 Å². The van der Waals surface area contributed by atoms with Crippen molar-refractivity contribution in [3.8, 4) is 0 Å². The second kappa shape index (κ2) is 10.5. The predicted octanol–water partition coefficient (Wildman–Crippen LogP) is 4.31. The molecule has 1 aromatic rings. The lowest BCUT2D eigenvalue weighted by Gasteiger charge is -2.16. The van der Waals surface area contributed by atoms with E-state index in [1.807, 2.05) is 19.9 Å². The normalized spacial score (nSPS) is 21.3. The van der Waals surface area contributed by atoms with E-state index in [4.69, 9.17) is 13.9 Å². The number of esters is 1. The Balaban J connectivity index is 1.93. The van der Waals surface area contributed by atoms with E-state index in [2.05, 4.69) is 16.6 Å². The summed E-state index contributed by atoms with van der Waals surface area (Å²) in [5.41, 5.74) is 0.356. The van der Waals surface area contributed by atoms with Crippen molar-refractivity contribution in [2.75, 3.05) is 7.11 Å². The minimum absolute atomic E-state index is 0.000815. The third-order valence-corrected chi connectivity index (χ3v) is 4.56. The summed E-state index contributed by atoms with van der Waals surface area (Å²) < 4.78 is 21.9. The van der Waals surface area contributed by atoms with Crippen molar-refractivity contribution in [3.05, 3.63) is 23.9 Å². The van der Waals surface area contributed by atoms with Gasteiger partial charge in [0.05, 0.1) is 13.2 Å². The van der Waals surface area contributed by atoms with Crippen LogP contribution in [0.1, 0.15) is 82.1 Å². The summed E-state index contributed by atoms with van der Waals surface area (Å²) in [5.74, 6) is -0.581. The third-order valence-electron chi connectivity index (χ3n) is 4.56. The molecule has 1 saturated heterocycles. The van der Waals surface area contributed by atoms with E-state index < -0.39 is 5.79 Å². The van der Waals surface area contributed by atoms with Crippen molar-refractivity contribution in [1.29, 1.82) is 0 Å². The topological polar surface area (TPSA) is 87.9 Å². The van der Waals surface area contributed by atoms with Crippen LogP contribution in [0.3, 0.4) is 0 Å². The van der Waals surface area contributed by atoms with Crippen LogP contribution >= 0.6 is 0 Å². The predicted molar refractivity (Wildman–Crippen MR) is 104 cm³/mol. The number of rotatable bonds is 11. The fourth-order valence-corrected chi connectivity index (χ4v) is 3.13. The van der Waals surface area contributed by atoms with Crippen LogP contribution in [0.15, 0.2) is 16.8 Å². The van der Waals surface area contributed by atoms with E-state index in [0.717, 1.165) is 19.3 Å². The highest BCUT2D eigenvalue weighted by Crippen LogP contribution is 2.32. The van der Waals surface area contributed by atoms with E-state index >= 15 is 0 Å². The highest BCUT2D eigenvalue weighted by molar-refractivity contribution is 5.94. The molecule has 0 bridgehead atoms. The number of oxazole rings is 1. The number of aromatic nitrogens is 1. The molecule has 1 aliphatic heterocycles. The molecule has 2 unspecified atom stereocenters. The Labute approximate surface area is 166 Å². The maximum atomic E-state index is 12.1. The van der Waals surface area contributed by atoms with Crippen LogP contribution in [0.5, 0.6) is 0 Å². The Kier molecular flexibility index (Phi) is 8.38. The SMILES string of the molecule is CCCCCC(=O)c1coc(/C=C/C2OC(C)(C)OC2CCCC(=O)OC)n1. The second-order valence-corrected chi connectivity index (χ2v) is 7.42. The van der Waals surface area contributed by atoms with Crippen LogP contribution in [0.4, 0.5) is 0 Å². The van der Waals surface area contributed by atoms with Gasteiger partial charge in [-0.2, -0.15) is 0 Å². The monoisotopic (exact) mass is 393 g/mol. The van der Waals surface area contributed by atoms with E-state index in [-0.39, 0.29) is 24.0 Å². The zero-order valence-corrected chi connectivity index (χ0v) is 17.2. The Morgan fingerprint density at radius 2 is 2.00 bits per heavy atom. The summed E-state index contributed by atoms with van der Waals surface area (Å²) in [6.07, 6.45) is 9.57. The average Bonchev–Trinajstić information content (AvgIpc) is 3.24. The number of Topliss-reactive ketones (excluding diaryl/α,β-unsaturated/α-hetero) is 1. The van der Waals surface area contributed by atoms with E-state index in [0.29, 0.717) is 37.3 Å². The molecule has 28 heavy (non-hydrogen) atoms.